The van der Waals surface area contributed by atoms with Gasteiger partial charge < -0.3 is 19.3 Å². The zero-order chi connectivity index (χ0) is 16.4. The second-order valence-electron chi connectivity index (χ2n) is 5.54. The zero-order valence-electron chi connectivity index (χ0n) is 12.4. The molecule has 8 nitrogen and oxygen atoms in total. The number of carboxylic acid groups (broad SMARTS) is 1. The smallest absolute Gasteiger partial charge is 0.449 e. The van der Waals surface area contributed by atoms with Crippen LogP contribution in [0.1, 0.15) is 49.0 Å². The predicted octanol–water partition coefficient (Wildman–Crippen LogP) is 3.35. The molecule has 8 heteroatoms. The summed E-state index contributed by atoms with van der Waals surface area (Å²) in [6.07, 6.45) is 0.613. The molecule has 23 heavy (non-hydrogen) atoms. The van der Waals surface area contributed by atoms with E-state index in [4.69, 9.17) is 19.3 Å². The molecule has 0 aromatic heterocycles. The number of nitrogens with zero attached hydrogens (tertiary/aromatic N) is 1. The number of ether oxygens (including phenoxy) is 3. The van der Waals surface area contributed by atoms with Crippen LogP contribution in [0.4, 0.5) is 10.5 Å². The van der Waals surface area contributed by atoms with Gasteiger partial charge in [-0.25, -0.2) is 4.79 Å². The van der Waals surface area contributed by atoms with Crippen molar-refractivity contribution in [1.82, 2.24) is 0 Å². The number of nitro benzene ring substituents is 1. The summed E-state index contributed by atoms with van der Waals surface area (Å²) in [4.78, 5) is 21.9. The minimum Gasteiger partial charge on any atom is -0.449 e. The first-order chi connectivity index (χ1) is 11.1. The van der Waals surface area contributed by atoms with Crippen LogP contribution >= 0.6 is 0 Å². The Morgan fingerprint density at radius 2 is 1.78 bits per heavy atom. The monoisotopic (exact) mass is 323 g/mol. The second-order valence-corrected chi connectivity index (χ2v) is 5.54. The molecule has 1 N–H and O–H groups in total. The van der Waals surface area contributed by atoms with Crippen LogP contribution in [0.3, 0.4) is 0 Å². The first kappa shape index (κ1) is 15.7. The third kappa shape index (κ3) is 3.13. The molecule has 0 spiro atoms. The number of benzene rings is 1. The van der Waals surface area contributed by atoms with Gasteiger partial charge in [-0.3, -0.25) is 10.1 Å². The second kappa shape index (κ2) is 6.51. The summed E-state index contributed by atoms with van der Waals surface area (Å²) in [5.41, 5.74) is 0.740. The average Bonchev–Trinajstić information content (AvgIpc) is 3.19. The van der Waals surface area contributed by atoms with Crippen molar-refractivity contribution in [3.8, 4) is 5.75 Å². The van der Waals surface area contributed by atoms with Gasteiger partial charge in [0.05, 0.1) is 22.7 Å². The topological polar surface area (TPSA) is 108 Å². The third-order valence-electron chi connectivity index (χ3n) is 4.12. The number of hydrogen-bond acceptors (Lipinski definition) is 6. The van der Waals surface area contributed by atoms with Crippen molar-refractivity contribution >= 4 is 11.8 Å². The van der Waals surface area contributed by atoms with E-state index in [0.29, 0.717) is 37.2 Å². The molecule has 0 amide bonds. The maximum Gasteiger partial charge on any atom is 0.511 e. The van der Waals surface area contributed by atoms with Crippen molar-refractivity contribution in [2.75, 3.05) is 13.2 Å². The summed E-state index contributed by atoms with van der Waals surface area (Å²) >= 11 is 0. The molecule has 3 rings (SSSR count). The van der Waals surface area contributed by atoms with Gasteiger partial charge in [0.25, 0.3) is 5.69 Å². The Morgan fingerprint density at radius 3 is 2.26 bits per heavy atom. The van der Waals surface area contributed by atoms with Gasteiger partial charge in [0, 0.05) is 24.8 Å². The van der Waals surface area contributed by atoms with E-state index in [1.807, 2.05) is 0 Å². The minimum atomic E-state index is -1.46. The molecule has 2 saturated heterocycles. The van der Waals surface area contributed by atoms with E-state index in [-0.39, 0.29) is 11.4 Å². The van der Waals surface area contributed by atoms with Gasteiger partial charge in [-0.1, -0.05) is 0 Å². The molecule has 0 radical (unpaired) electrons. The zero-order valence-corrected chi connectivity index (χ0v) is 12.4. The highest BCUT2D eigenvalue weighted by atomic mass is 16.7. The van der Waals surface area contributed by atoms with Crippen molar-refractivity contribution in [3.05, 3.63) is 33.4 Å². The molecular formula is C15H17NO7. The molecule has 2 unspecified atom stereocenters. The quantitative estimate of drug-likeness (QED) is 0.391. The number of rotatable bonds is 4. The van der Waals surface area contributed by atoms with Crippen molar-refractivity contribution in [2.45, 2.75) is 37.9 Å². The van der Waals surface area contributed by atoms with Gasteiger partial charge >= 0.3 is 6.16 Å². The maximum atomic E-state index is 11.4. The maximum absolute atomic E-state index is 11.4. The van der Waals surface area contributed by atoms with E-state index in [2.05, 4.69) is 0 Å². The molecule has 2 aliphatic heterocycles. The predicted molar refractivity (Wildman–Crippen MR) is 77.6 cm³/mol. The molecule has 2 atom stereocenters. The summed E-state index contributed by atoms with van der Waals surface area (Å²) in [7, 11) is 0. The minimum absolute atomic E-state index is 0.0832. The van der Waals surface area contributed by atoms with E-state index < -0.39 is 23.3 Å². The van der Waals surface area contributed by atoms with Crippen LogP contribution in [-0.4, -0.2) is 29.4 Å². The Balaban J connectivity index is 2.16. The van der Waals surface area contributed by atoms with E-state index >= 15 is 0 Å². The van der Waals surface area contributed by atoms with E-state index in [9.17, 15) is 14.9 Å². The first-order valence-corrected chi connectivity index (χ1v) is 7.53. The van der Waals surface area contributed by atoms with Crippen LogP contribution in [0, 0.1) is 10.1 Å². The van der Waals surface area contributed by atoms with Gasteiger partial charge in [-0.05, 0) is 31.7 Å². The first-order valence-electron chi connectivity index (χ1n) is 7.53. The van der Waals surface area contributed by atoms with Crippen LogP contribution in [-0.2, 0) is 9.47 Å². The lowest BCUT2D eigenvalue weighted by atomic mass is 9.92. The van der Waals surface area contributed by atoms with Gasteiger partial charge in [-0.15, -0.1) is 0 Å². The molecule has 2 aliphatic rings. The largest absolute Gasteiger partial charge is 0.511 e. The third-order valence-corrected chi connectivity index (χ3v) is 4.12. The van der Waals surface area contributed by atoms with E-state index in [1.54, 1.807) is 0 Å². The van der Waals surface area contributed by atoms with Crippen LogP contribution in [0.5, 0.6) is 5.75 Å². The van der Waals surface area contributed by atoms with Crippen molar-refractivity contribution in [2.24, 2.45) is 0 Å². The fourth-order valence-electron chi connectivity index (χ4n) is 3.23. The highest BCUT2D eigenvalue weighted by Crippen LogP contribution is 2.46. The molecule has 124 valence electrons. The lowest BCUT2D eigenvalue weighted by molar-refractivity contribution is -0.386. The van der Waals surface area contributed by atoms with Crippen LogP contribution in [0.25, 0.3) is 0 Å². The SMILES string of the molecule is O=C(O)Oc1ccc([N+](=O)[O-])c(C2CCCO2)c1C1CCCO1. The van der Waals surface area contributed by atoms with Crippen LogP contribution in [0.15, 0.2) is 12.1 Å². The lowest BCUT2D eigenvalue weighted by Crippen LogP contribution is -2.13. The van der Waals surface area contributed by atoms with Crippen molar-refractivity contribution in [1.29, 1.82) is 0 Å². The molecule has 1 aromatic rings. The standard InChI is InChI=1S/C15H17NO7/c17-15(18)23-12-6-5-9(16(19)20)13(10-3-1-7-21-10)14(12)11-4-2-8-22-11/h5-6,10-11H,1-4,7-8H2,(H,17,18). The Bertz CT molecular complexity index is 618. The van der Waals surface area contributed by atoms with Crippen LogP contribution < -0.4 is 4.74 Å². The van der Waals surface area contributed by atoms with E-state index in [1.165, 1.54) is 12.1 Å². The van der Waals surface area contributed by atoms with Gasteiger partial charge in [0.1, 0.15) is 5.75 Å². The summed E-state index contributed by atoms with van der Waals surface area (Å²) < 4.78 is 16.1. The molecular weight excluding hydrogens is 306 g/mol. The Hall–Kier alpha value is -2.19. The highest BCUT2D eigenvalue weighted by molar-refractivity contribution is 5.65. The van der Waals surface area contributed by atoms with Gasteiger partial charge in [0.2, 0.25) is 0 Å². The van der Waals surface area contributed by atoms with Crippen molar-refractivity contribution in [3.63, 3.8) is 0 Å². The molecule has 0 saturated carbocycles. The molecule has 0 bridgehead atoms. The normalized spacial score (nSPS) is 23.8. The fourth-order valence-corrected chi connectivity index (χ4v) is 3.23. The highest BCUT2D eigenvalue weighted by Gasteiger charge is 2.36. The van der Waals surface area contributed by atoms with Gasteiger partial charge in [0.15, 0.2) is 0 Å². The molecule has 2 heterocycles. The van der Waals surface area contributed by atoms with E-state index in [0.717, 1.165) is 12.8 Å². The number of carbonyl (C=O) groups is 1. The fraction of sp³-hybridized carbons (Fsp3) is 0.533. The molecule has 0 aliphatic carbocycles. The van der Waals surface area contributed by atoms with Gasteiger partial charge in [-0.2, -0.15) is 0 Å². The number of nitro groups is 1. The van der Waals surface area contributed by atoms with Crippen molar-refractivity contribution < 1.29 is 29.0 Å². The Labute approximate surface area is 132 Å². The summed E-state index contributed by atoms with van der Waals surface area (Å²) in [5, 5.41) is 20.4. The summed E-state index contributed by atoms with van der Waals surface area (Å²) in [6.45, 7) is 1.06. The Kier molecular flexibility index (Phi) is 4.44. The van der Waals surface area contributed by atoms with Crippen LogP contribution in [0.2, 0.25) is 0 Å². The lowest BCUT2D eigenvalue weighted by Gasteiger charge is -2.21. The summed E-state index contributed by atoms with van der Waals surface area (Å²) in [5.74, 6) is 0.0838. The Morgan fingerprint density at radius 1 is 1.17 bits per heavy atom. The average molecular weight is 323 g/mol. The number of hydrogen-bond donors (Lipinski definition) is 1. The summed E-state index contributed by atoms with van der Waals surface area (Å²) in [6, 6.07) is 2.59. The molecule has 2 fully saturated rings. The molecule has 1 aromatic carbocycles.